The number of amides is 1. The minimum Gasteiger partial charge on any atom is -0.508 e. The number of carbonyl (C=O) groups is 1. The van der Waals surface area contributed by atoms with Gasteiger partial charge in [-0.25, -0.2) is 0 Å². The van der Waals surface area contributed by atoms with Crippen molar-refractivity contribution in [2.45, 2.75) is 18.9 Å². The summed E-state index contributed by atoms with van der Waals surface area (Å²) in [6.07, 6.45) is 1.90. The molecule has 0 unspecified atom stereocenters. The molecule has 0 bridgehead atoms. The van der Waals surface area contributed by atoms with Gasteiger partial charge >= 0.3 is 0 Å². The fraction of sp³-hybridized carbons (Fsp3) is 0.500. The lowest BCUT2D eigenvalue weighted by molar-refractivity contribution is 0.0662. The van der Waals surface area contributed by atoms with Gasteiger partial charge < -0.3 is 20.0 Å². The molecular formula is C14H20N2O3. The first-order chi connectivity index (χ1) is 8.97. The van der Waals surface area contributed by atoms with Gasteiger partial charge in [-0.15, -0.1) is 0 Å². The van der Waals surface area contributed by atoms with Gasteiger partial charge in [-0.2, -0.15) is 0 Å². The molecule has 5 nitrogen and oxygen atoms in total. The van der Waals surface area contributed by atoms with Crippen LogP contribution in [-0.4, -0.2) is 59.1 Å². The Morgan fingerprint density at radius 2 is 1.68 bits per heavy atom. The Labute approximate surface area is 113 Å². The van der Waals surface area contributed by atoms with Crippen molar-refractivity contribution >= 4 is 5.91 Å². The van der Waals surface area contributed by atoms with Crippen LogP contribution in [0.4, 0.5) is 0 Å². The van der Waals surface area contributed by atoms with Gasteiger partial charge in [-0.3, -0.25) is 4.79 Å². The first-order valence-corrected chi connectivity index (χ1v) is 6.46. The predicted octanol–water partition coefficient (Wildman–Crippen LogP) is 1.26. The molecule has 0 aromatic heterocycles. The number of hydrogen-bond acceptors (Lipinski definition) is 4. The topological polar surface area (TPSA) is 64.0 Å². The standard InChI is InChI=1S/C14H20N2O3/c1-15(2)11-3-5-16(6-4-11)14(19)10-7-12(17)9-13(18)8-10/h7-9,11,17-18H,3-6H2,1-2H3. The van der Waals surface area contributed by atoms with E-state index in [1.54, 1.807) is 4.90 Å². The summed E-state index contributed by atoms with van der Waals surface area (Å²) in [6, 6.07) is 4.51. The van der Waals surface area contributed by atoms with Crippen LogP contribution in [0.15, 0.2) is 18.2 Å². The third-order valence-corrected chi connectivity index (χ3v) is 3.63. The van der Waals surface area contributed by atoms with Crippen molar-refractivity contribution in [1.82, 2.24) is 9.80 Å². The van der Waals surface area contributed by atoms with E-state index in [1.165, 1.54) is 18.2 Å². The third-order valence-electron chi connectivity index (χ3n) is 3.63. The highest BCUT2D eigenvalue weighted by Crippen LogP contribution is 2.23. The maximum Gasteiger partial charge on any atom is 0.254 e. The smallest absolute Gasteiger partial charge is 0.254 e. The second-order valence-corrected chi connectivity index (χ2v) is 5.23. The van der Waals surface area contributed by atoms with Crippen molar-refractivity contribution in [1.29, 1.82) is 0 Å². The molecular weight excluding hydrogens is 244 g/mol. The highest BCUT2D eigenvalue weighted by atomic mass is 16.3. The lowest BCUT2D eigenvalue weighted by Crippen LogP contribution is -2.44. The molecule has 2 N–H and O–H groups in total. The number of phenols is 2. The SMILES string of the molecule is CN(C)C1CCN(C(=O)c2cc(O)cc(O)c2)CC1. The maximum absolute atomic E-state index is 12.3. The molecule has 5 heteroatoms. The van der Waals surface area contributed by atoms with E-state index in [0.29, 0.717) is 24.7 Å². The van der Waals surface area contributed by atoms with Crippen molar-refractivity contribution in [3.8, 4) is 11.5 Å². The summed E-state index contributed by atoms with van der Waals surface area (Å²) in [5, 5.41) is 18.8. The highest BCUT2D eigenvalue weighted by molar-refractivity contribution is 5.95. The van der Waals surface area contributed by atoms with Crippen LogP contribution >= 0.6 is 0 Å². The van der Waals surface area contributed by atoms with Gasteiger partial charge in [-0.05, 0) is 39.1 Å². The molecule has 1 amide bonds. The van der Waals surface area contributed by atoms with Crippen molar-refractivity contribution in [2.75, 3.05) is 27.2 Å². The Kier molecular flexibility index (Phi) is 3.95. The van der Waals surface area contributed by atoms with Crippen LogP contribution in [-0.2, 0) is 0 Å². The number of likely N-dealkylation sites (tertiary alicyclic amines) is 1. The van der Waals surface area contributed by atoms with Crippen LogP contribution in [0, 0.1) is 0 Å². The average Bonchev–Trinajstić information content (AvgIpc) is 2.37. The number of piperidine rings is 1. The summed E-state index contributed by atoms with van der Waals surface area (Å²) in [4.78, 5) is 16.2. The van der Waals surface area contributed by atoms with Crippen molar-refractivity contribution in [3.05, 3.63) is 23.8 Å². The van der Waals surface area contributed by atoms with E-state index >= 15 is 0 Å². The van der Waals surface area contributed by atoms with Crippen molar-refractivity contribution in [2.24, 2.45) is 0 Å². The lowest BCUT2D eigenvalue weighted by atomic mass is 10.0. The molecule has 1 saturated heterocycles. The number of aromatic hydroxyl groups is 2. The van der Waals surface area contributed by atoms with Crippen LogP contribution in [0.3, 0.4) is 0 Å². The molecule has 0 aliphatic carbocycles. The molecule has 1 heterocycles. The van der Waals surface area contributed by atoms with E-state index in [1.807, 2.05) is 0 Å². The minimum atomic E-state index is -0.136. The highest BCUT2D eigenvalue weighted by Gasteiger charge is 2.24. The Bertz CT molecular complexity index is 446. The van der Waals surface area contributed by atoms with Gasteiger partial charge in [0.15, 0.2) is 0 Å². The van der Waals surface area contributed by atoms with Gasteiger partial charge in [-0.1, -0.05) is 0 Å². The first kappa shape index (κ1) is 13.7. The molecule has 0 radical (unpaired) electrons. The van der Waals surface area contributed by atoms with Crippen LogP contribution in [0.5, 0.6) is 11.5 Å². The minimum absolute atomic E-state index is 0.0912. The number of nitrogens with zero attached hydrogens (tertiary/aromatic N) is 2. The second kappa shape index (κ2) is 5.48. The molecule has 19 heavy (non-hydrogen) atoms. The number of rotatable bonds is 2. The van der Waals surface area contributed by atoms with E-state index in [9.17, 15) is 15.0 Å². The van der Waals surface area contributed by atoms with Gasteiger partial charge in [0.1, 0.15) is 11.5 Å². The van der Waals surface area contributed by atoms with Crippen LogP contribution < -0.4 is 0 Å². The van der Waals surface area contributed by atoms with E-state index in [-0.39, 0.29) is 17.4 Å². The Balaban J connectivity index is 2.05. The molecule has 1 aromatic rings. The van der Waals surface area contributed by atoms with Gasteiger partial charge in [0.25, 0.3) is 5.91 Å². The van der Waals surface area contributed by atoms with E-state index < -0.39 is 0 Å². The zero-order valence-electron chi connectivity index (χ0n) is 11.3. The monoisotopic (exact) mass is 264 g/mol. The Hall–Kier alpha value is -1.75. The van der Waals surface area contributed by atoms with Crippen LogP contribution in [0.2, 0.25) is 0 Å². The largest absolute Gasteiger partial charge is 0.508 e. The molecule has 0 spiro atoms. The summed E-state index contributed by atoms with van der Waals surface area (Å²) < 4.78 is 0. The summed E-state index contributed by atoms with van der Waals surface area (Å²) in [5.74, 6) is -0.318. The first-order valence-electron chi connectivity index (χ1n) is 6.46. The van der Waals surface area contributed by atoms with Crippen LogP contribution in [0.1, 0.15) is 23.2 Å². The molecule has 1 aromatic carbocycles. The van der Waals surface area contributed by atoms with Crippen molar-refractivity contribution < 1.29 is 15.0 Å². The fourth-order valence-corrected chi connectivity index (χ4v) is 2.49. The van der Waals surface area contributed by atoms with E-state index in [2.05, 4.69) is 19.0 Å². The zero-order valence-corrected chi connectivity index (χ0v) is 11.3. The van der Waals surface area contributed by atoms with Crippen LogP contribution in [0.25, 0.3) is 0 Å². The molecule has 2 rings (SSSR count). The zero-order chi connectivity index (χ0) is 14.0. The molecule has 1 fully saturated rings. The third kappa shape index (κ3) is 3.17. The Morgan fingerprint density at radius 1 is 1.16 bits per heavy atom. The molecule has 0 saturated carbocycles. The van der Waals surface area contributed by atoms with Gasteiger partial charge in [0.05, 0.1) is 0 Å². The van der Waals surface area contributed by atoms with Gasteiger partial charge in [0.2, 0.25) is 0 Å². The molecule has 104 valence electrons. The molecule has 1 aliphatic rings. The second-order valence-electron chi connectivity index (χ2n) is 5.23. The summed E-state index contributed by atoms with van der Waals surface area (Å²) in [5.41, 5.74) is 0.334. The Morgan fingerprint density at radius 3 is 2.16 bits per heavy atom. The normalized spacial score (nSPS) is 16.9. The van der Waals surface area contributed by atoms with E-state index in [4.69, 9.17) is 0 Å². The van der Waals surface area contributed by atoms with Gasteiger partial charge in [0, 0.05) is 30.8 Å². The summed E-state index contributed by atoms with van der Waals surface area (Å²) >= 11 is 0. The molecule has 1 aliphatic heterocycles. The fourth-order valence-electron chi connectivity index (χ4n) is 2.49. The molecule has 0 atom stereocenters. The number of hydrogen-bond donors (Lipinski definition) is 2. The maximum atomic E-state index is 12.3. The summed E-state index contributed by atoms with van der Waals surface area (Å²) in [6.45, 7) is 1.41. The number of carbonyl (C=O) groups excluding carboxylic acids is 1. The predicted molar refractivity (Wildman–Crippen MR) is 72.4 cm³/mol. The number of benzene rings is 1. The van der Waals surface area contributed by atoms with E-state index in [0.717, 1.165) is 12.8 Å². The lowest BCUT2D eigenvalue weighted by Gasteiger charge is -2.35. The quantitative estimate of drug-likeness (QED) is 0.844. The number of phenolic OH excluding ortho intramolecular Hbond substituents is 2. The summed E-state index contributed by atoms with van der Waals surface area (Å²) in [7, 11) is 4.10. The van der Waals surface area contributed by atoms with Crippen molar-refractivity contribution in [3.63, 3.8) is 0 Å². The average molecular weight is 264 g/mol.